The maximum Gasteiger partial charge on any atom is 0.308 e. The lowest BCUT2D eigenvalue weighted by atomic mass is 10.5. The molecule has 3 N–H and O–H groups in total. The number of aliphatic carboxylic acids is 1. The van der Waals surface area contributed by atoms with Crippen LogP contribution in [0.4, 0.5) is 0 Å². The highest BCUT2D eigenvalue weighted by atomic mass is 16.4. The van der Waals surface area contributed by atoms with Gasteiger partial charge in [-0.3, -0.25) is 4.79 Å². The summed E-state index contributed by atoms with van der Waals surface area (Å²) in [6, 6.07) is 0. The quantitative estimate of drug-likeness (QED) is 0.278. The molecule has 0 aromatic rings. The van der Waals surface area contributed by atoms with Gasteiger partial charge < -0.3 is 10.9 Å². The van der Waals surface area contributed by atoms with Crippen LogP contribution in [0.25, 0.3) is 0 Å². The monoisotopic (exact) mass is 102 g/mol. The lowest BCUT2D eigenvalue weighted by Gasteiger charge is -1.76. The van der Waals surface area contributed by atoms with E-state index in [9.17, 15) is 4.79 Å². The van der Waals surface area contributed by atoms with E-state index < -0.39 is 5.97 Å². The number of carboxylic acids is 1. The van der Waals surface area contributed by atoms with Crippen LogP contribution in [0.5, 0.6) is 0 Å². The van der Waals surface area contributed by atoms with Crippen molar-refractivity contribution >= 4 is 12.2 Å². The zero-order valence-corrected chi connectivity index (χ0v) is 3.66. The maximum absolute atomic E-state index is 9.61. The van der Waals surface area contributed by atoms with Crippen molar-refractivity contribution in [2.24, 2.45) is 10.9 Å². The number of hydrogen-bond donors (Lipinski definition) is 2. The van der Waals surface area contributed by atoms with Gasteiger partial charge in [0.25, 0.3) is 0 Å². The maximum atomic E-state index is 9.61. The molecule has 4 nitrogen and oxygen atoms in total. The fourth-order valence-corrected chi connectivity index (χ4v) is 0.131. The van der Waals surface area contributed by atoms with Crippen molar-refractivity contribution in [3.63, 3.8) is 0 Å². The lowest BCUT2D eigenvalue weighted by molar-refractivity contribution is -0.135. The Morgan fingerprint density at radius 3 is 2.71 bits per heavy atom. The summed E-state index contributed by atoms with van der Waals surface area (Å²) in [6.07, 6.45) is 1.03. The van der Waals surface area contributed by atoms with E-state index in [2.05, 4.69) is 10.9 Å². The summed E-state index contributed by atoms with van der Waals surface area (Å²) in [7, 11) is 0. The van der Waals surface area contributed by atoms with Crippen molar-refractivity contribution in [2.45, 2.75) is 6.42 Å². The van der Waals surface area contributed by atoms with E-state index in [1.165, 1.54) is 0 Å². The van der Waals surface area contributed by atoms with Crippen LogP contribution in [0.3, 0.4) is 0 Å². The average Bonchev–Trinajstić information content (AvgIpc) is 1.61. The van der Waals surface area contributed by atoms with Gasteiger partial charge in [-0.1, -0.05) is 0 Å². The first-order chi connectivity index (χ1) is 3.27. The predicted octanol–water partition coefficient (Wildman–Crippen LogP) is -0.594. The summed E-state index contributed by atoms with van der Waals surface area (Å²) in [5.74, 6) is 3.66. The van der Waals surface area contributed by atoms with Crippen LogP contribution >= 0.6 is 0 Å². The molecule has 0 spiro atoms. The standard InChI is InChI=1S/C3H6N2O2/c4-5-2-1-3(6)7/h2H,1,4H2,(H,6,7)/b5-2+. The summed E-state index contributed by atoms with van der Waals surface area (Å²) in [6.45, 7) is 0. The van der Waals surface area contributed by atoms with Gasteiger partial charge in [-0.05, 0) is 0 Å². The molecule has 0 rings (SSSR count). The molecule has 0 saturated heterocycles. The molecule has 0 radical (unpaired) electrons. The van der Waals surface area contributed by atoms with Crippen LogP contribution in [0.15, 0.2) is 5.10 Å². The molecule has 0 aromatic carbocycles. The lowest BCUT2D eigenvalue weighted by Crippen LogP contribution is -1.95. The van der Waals surface area contributed by atoms with Crippen LogP contribution in [-0.2, 0) is 4.79 Å². The second kappa shape index (κ2) is 3.14. The van der Waals surface area contributed by atoms with E-state index in [1.54, 1.807) is 0 Å². The highest BCUT2D eigenvalue weighted by Crippen LogP contribution is 1.67. The average molecular weight is 102 g/mol. The number of nitrogens with zero attached hydrogens (tertiary/aromatic N) is 1. The first kappa shape index (κ1) is 5.94. The smallest absolute Gasteiger partial charge is 0.308 e. The Morgan fingerprint density at radius 1 is 2.00 bits per heavy atom. The molecule has 0 bridgehead atoms. The minimum absolute atomic E-state index is 0.101. The number of hydrazone groups is 1. The molecule has 0 aliphatic heterocycles. The minimum atomic E-state index is -0.922. The van der Waals surface area contributed by atoms with Gasteiger partial charge in [-0.15, -0.1) is 0 Å². The second-order valence-corrected chi connectivity index (χ2v) is 0.930. The van der Waals surface area contributed by atoms with Crippen LogP contribution in [0.1, 0.15) is 6.42 Å². The van der Waals surface area contributed by atoms with E-state index in [0.717, 1.165) is 6.21 Å². The van der Waals surface area contributed by atoms with E-state index in [0.29, 0.717) is 0 Å². The van der Waals surface area contributed by atoms with Crippen LogP contribution in [0.2, 0.25) is 0 Å². The molecule has 0 heterocycles. The van der Waals surface area contributed by atoms with E-state index >= 15 is 0 Å². The summed E-state index contributed by atoms with van der Waals surface area (Å²) >= 11 is 0. The largest absolute Gasteiger partial charge is 0.481 e. The topological polar surface area (TPSA) is 75.7 Å². The second-order valence-electron chi connectivity index (χ2n) is 0.930. The van der Waals surface area contributed by atoms with Crippen molar-refractivity contribution in [1.82, 2.24) is 0 Å². The third kappa shape index (κ3) is 4.94. The van der Waals surface area contributed by atoms with Crippen molar-refractivity contribution < 1.29 is 9.90 Å². The van der Waals surface area contributed by atoms with E-state index in [1.807, 2.05) is 0 Å². The Morgan fingerprint density at radius 2 is 2.57 bits per heavy atom. The Kier molecular flexibility index (Phi) is 2.67. The Bertz CT molecular complexity index is 88.9. The molecule has 4 heteroatoms. The van der Waals surface area contributed by atoms with Gasteiger partial charge in [0.15, 0.2) is 0 Å². The predicted molar refractivity (Wildman–Crippen MR) is 24.9 cm³/mol. The van der Waals surface area contributed by atoms with Gasteiger partial charge >= 0.3 is 5.97 Å². The fraction of sp³-hybridized carbons (Fsp3) is 0.333. The molecule has 40 valence electrons. The van der Waals surface area contributed by atoms with E-state index in [4.69, 9.17) is 5.11 Å². The number of carboxylic acid groups (broad SMARTS) is 1. The molecule has 0 aliphatic carbocycles. The van der Waals surface area contributed by atoms with Crippen molar-refractivity contribution in [3.8, 4) is 0 Å². The summed E-state index contributed by atoms with van der Waals surface area (Å²) in [5, 5.41) is 10.9. The minimum Gasteiger partial charge on any atom is -0.481 e. The third-order valence-electron chi connectivity index (χ3n) is 0.371. The third-order valence-corrected chi connectivity index (χ3v) is 0.371. The Labute approximate surface area is 40.6 Å². The molecular weight excluding hydrogens is 96.0 g/mol. The van der Waals surface area contributed by atoms with E-state index in [-0.39, 0.29) is 6.42 Å². The first-order valence-corrected chi connectivity index (χ1v) is 1.71. The van der Waals surface area contributed by atoms with Gasteiger partial charge in [0.2, 0.25) is 0 Å². The van der Waals surface area contributed by atoms with Gasteiger partial charge in [0, 0.05) is 6.21 Å². The van der Waals surface area contributed by atoms with Gasteiger partial charge in [-0.25, -0.2) is 0 Å². The van der Waals surface area contributed by atoms with Crippen molar-refractivity contribution in [1.29, 1.82) is 0 Å². The fourth-order valence-electron chi connectivity index (χ4n) is 0.131. The first-order valence-electron chi connectivity index (χ1n) is 1.71. The number of rotatable bonds is 2. The van der Waals surface area contributed by atoms with Crippen LogP contribution < -0.4 is 5.84 Å². The van der Waals surface area contributed by atoms with Gasteiger partial charge in [0.05, 0.1) is 6.42 Å². The zero-order valence-electron chi connectivity index (χ0n) is 3.66. The number of nitrogens with two attached hydrogens (primary N) is 1. The Hall–Kier alpha value is -1.06. The van der Waals surface area contributed by atoms with Crippen LogP contribution in [0, 0.1) is 0 Å². The highest BCUT2D eigenvalue weighted by molar-refractivity contribution is 5.84. The molecule has 7 heavy (non-hydrogen) atoms. The molecule has 0 aliphatic rings. The molecule has 0 saturated carbocycles. The van der Waals surface area contributed by atoms with Gasteiger partial charge in [-0.2, -0.15) is 5.10 Å². The number of hydrogen-bond acceptors (Lipinski definition) is 3. The molecule has 0 fully saturated rings. The summed E-state index contributed by atoms with van der Waals surface area (Å²) < 4.78 is 0. The zero-order chi connectivity index (χ0) is 5.70. The number of carbonyl (C=O) groups is 1. The molecule has 0 amide bonds. The SMILES string of the molecule is N/N=C/CC(=O)O. The summed E-state index contributed by atoms with van der Waals surface area (Å²) in [4.78, 5) is 9.61. The van der Waals surface area contributed by atoms with Gasteiger partial charge in [0.1, 0.15) is 0 Å². The van der Waals surface area contributed by atoms with Crippen molar-refractivity contribution in [3.05, 3.63) is 0 Å². The summed E-state index contributed by atoms with van der Waals surface area (Å²) in [5.41, 5.74) is 0. The van der Waals surface area contributed by atoms with Crippen LogP contribution in [-0.4, -0.2) is 17.3 Å². The van der Waals surface area contributed by atoms with Crippen molar-refractivity contribution in [2.75, 3.05) is 0 Å². The molecule has 0 unspecified atom stereocenters. The molecule has 0 atom stereocenters. The highest BCUT2D eigenvalue weighted by Gasteiger charge is 1.87. The molecule has 0 aromatic heterocycles. The normalized spacial score (nSPS) is 9.71. The molecular formula is C3H6N2O2. The Balaban J connectivity index is 3.14.